The fourth-order valence-corrected chi connectivity index (χ4v) is 9.53. The fraction of sp³-hybridized carbons (Fsp3) is 0.773. The molecule has 0 fully saturated rings. The average molecular weight is 1120 g/mol. The molecule has 3 unspecified atom stereocenters. The van der Waals surface area contributed by atoms with E-state index in [9.17, 15) is 28.9 Å². The zero-order valence-corrected chi connectivity index (χ0v) is 51.0. The summed E-state index contributed by atoms with van der Waals surface area (Å²) in [6, 6.07) is 0. The molecule has 78 heavy (non-hydrogen) atoms. The molecule has 2 N–H and O–H groups in total. The Morgan fingerprint density at radius 3 is 1.06 bits per heavy atom. The van der Waals surface area contributed by atoms with Gasteiger partial charge in [-0.15, -0.1) is 0 Å². The maximum Gasteiger partial charge on any atom is 0.472 e. The van der Waals surface area contributed by atoms with E-state index >= 15 is 0 Å². The molecule has 0 heterocycles. The minimum atomic E-state index is -4.76. The number of phosphoric ester groups is 1. The van der Waals surface area contributed by atoms with Gasteiger partial charge in [-0.2, -0.15) is 0 Å². The highest BCUT2D eigenvalue weighted by molar-refractivity contribution is 7.47. The van der Waals surface area contributed by atoms with Gasteiger partial charge in [-0.25, -0.2) is 4.57 Å². The number of hydrogen-bond acceptors (Lipinski definition) is 10. The smallest absolute Gasteiger partial charge is 0.462 e. The number of hydrogen-bond donors (Lipinski definition) is 2. The van der Waals surface area contributed by atoms with Crippen molar-refractivity contribution in [3.63, 3.8) is 0 Å². The van der Waals surface area contributed by atoms with Gasteiger partial charge >= 0.3 is 25.7 Å². The van der Waals surface area contributed by atoms with Gasteiger partial charge in [-0.3, -0.25) is 23.4 Å². The third-order valence-electron chi connectivity index (χ3n) is 13.6. The molecule has 0 aromatic heterocycles. The topological polar surface area (TPSA) is 155 Å². The van der Waals surface area contributed by atoms with Crippen LogP contribution in [0.5, 0.6) is 0 Å². The zero-order valence-electron chi connectivity index (χ0n) is 50.1. The predicted molar refractivity (Wildman–Crippen MR) is 325 cm³/mol. The number of phosphoric acid groups is 1. The Bertz CT molecular complexity index is 1590. The number of esters is 3. The summed E-state index contributed by atoms with van der Waals surface area (Å²) < 4.78 is 39.7. The third kappa shape index (κ3) is 57.6. The quantitative estimate of drug-likeness (QED) is 0.0197. The number of ether oxygens (including phenoxy) is 3. The van der Waals surface area contributed by atoms with Crippen LogP contribution >= 0.6 is 7.82 Å². The van der Waals surface area contributed by atoms with Crippen LogP contribution in [-0.4, -0.2) is 66.5 Å². The maximum absolute atomic E-state index is 13.0. The summed E-state index contributed by atoms with van der Waals surface area (Å²) in [5, 5.41) is 9.85. The molecule has 0 radical (unpaired) electrons. The largest absolute Gasteiger partial charge is 0.472 e. The number of carbonyl (C=O) groups is 3. The van der Waals surface area contributed by atoms with E-state index in [0.29, 0.717) is 19.3 Å². The maximum atomic E-state index is 13.0. The van der Waals surface area contributed by atoms with E-state index in [4.69, 9.17) is 23.3 Å². The van der Waals surface area contributed by atoms with Crippen molar-refractivity contribution in [3.8, 4) is 0 Å². The number of carbonyl (C=O) groups excluding carboxylic acids is 3. The number of aliphatic hydroxyl groups excluding tert-OH is 1. The SMILES string of the molecule is CC/C=C\C/C=C\C/C=C\CCCCCCCC(=O)OCC(COP(=O)(O)OCC(CO)OC(=O)CCCCCCCCC/C=C\C/C=C\CCCCC)OC(=O)CCCCCCCCCCC/C=C\CCCCCCCC. The molecular formula is C66H117O11P. The molecule has 11 nitrogen and oxygen atoms in total. The number of rotatable bonds is 59. The van der Waals surface area contributed by atoms with Gasteiger partial charge in [0, 0.05) is 19.3 Å². The summed E-state index contributed by atoms with van der Waals surface area (Å²) in [5.41, 5.74) is 0. The Morgan fingerprint density at radius 1 is 0.372 bits per heavy atom. The van der Waals surface area contributed by atoms with Crippen molar-refractivity contribution in [2.24, 2.45) is 0 Å². The molecule has 0 aromatic rings. The van der Waals surface area contributed by atoms with Gasteiger partial charge in [0.2, 0.25) is 0 Å². The minimum Gasteiger partial charge on any atom is -0.462 e. The van der Waals surface area contributed by atoms with Crippen LogP contribution in [0.3, 0.4) is 0 Å². The standard InChI is InChI=1S/C66H117O11P/c1-4-7-10-13-16-19-22-25-28-30-31-33-36-39-42-45-48-51-54-57-66(70)77-63(59-73-64(68)55-52-49-46-43-40-37-34-27-24-21-18-15-12-9-6-3)61-75-78(71,72)74-60-62(58-67)76-65(69)56-53-50-47-44-41-38-35-32-29-26-23-20-17-14-11-8-5-2/h9,12,17-18,20-21,25-29,34,62-63,67H,4-8,10-11,13-16,19,22-24,30-33,35-61H2,1-3H3,(H,71,72)/b12-9-,20-17-,21-18-,28-25-,29-26-,34-27-. The Morgan fingerprint density at radius 2 is 0.667 bits per heavy atom. The van der Waals surface area contributed by atoms with Gasteiger partial charge in [0.25, 0.3) is 0 Å². The fourth-order valence-electron chi connectivity index (χ4n) is 8.75. The van der Waals surface area contributed by atoms with E-state index in [1.165, 1.54) is 122 Å². The van der Waals surface area contributed by atoms with Crippen LogP contribution in [0.1, 0.15) is 290 Å². The van der Waals surface area contributed by atoms with Gasteiger partial charge in [-0.1, -0.05) is 235 Å². The van der Waals surface area contributed by atoms with Crippen LogP contribution in [0.15, 0.2) is 72.9 Å². The highest BCUT2D eigenvalue weighted by Crippen LogP contribution is 2.43. The first-order chi connectivity index (χ1) is 38.2. The van der Waals surface area contributed by atoms with Crippen LogP contribution in [0, 0.1) is 0 Å². The second-order valence-electron chi connectivity index (χ2n) is 21.2. The van der Waals surface area contributed by atoms with Crippen LogP contribution in [0.4, 0.5) is 0 Å². The molecule has 12 heteroatoms. The number of aliphatic hydroxyl groups is 1. The lowest BCUT2D eigenvalue weighted by molar-refractivity contribution is -0.161. The Labute approximate surface area is 478 Å². The van der Waals surface area contributed by atoms with Gasteiger partial charge in [0.1, 0.15) is 12.7 Å². The van der Waals surface area contributed by atoms with Crippen LogP contribution < -0.4 is 0 Å². The minimum absolute atomic E-state index is 0.160. The van der Waals surface area contributed by atoms with Crippen LogP contribution in [-0.2, 0) is 42.2 Å². The van der Waals surface area contributed by atoms with Crippen molar-refractivity contribution in [2.45, 2.75) is 303 Å². The van der Waals surface area contributed by atoms with Gasteiger partial charge in [-0.05, 0) is 109 Å². The predicted octanol–water partition coefficient (Wildman–Crippen LogP) is 19.3. The monoisotopic (exact) mass is 1120 g/mol. The average Bonchev–Trinajstić information content (AvgIpc) is 3.43. The summed E-state index contributed by atoms with van der Waals surface area (Å²) in [6.45, 7) is 4.51. The summed E-state index contributed by atoms with van der Waals surface area (Å²) >= 11 is 0. The van der Waals surface area contributed by atoms with Crippen LogP contribution in [0.2, 0.25) is 0 Å². The van der Waals surface area contributed by atoms with E-state index < -0.39 is 57.8 Å². The van der Waals surface area contributed by atoms with Crippen LogP contribution in [0.25, 0.3) is 0 Å². The Balaban J connectivity index is 4.70. The van der Waals surface area contributed by atoms with Crippen molar-refractivity contribution in [1.82, 2.24) is 0 Å². The lowest BCUT2D eigenvalue weighted by Gasteiger charge is -2.21. The summed E-state index contributed by atoms with van der Waals surface area (Å²) in [5.74, 6) is -1.48. The first-order valence-electron chi connectivity index (χ1n) is 31.8. The summed E-state index contributed by atoms with van der Waals surface area (Å²) in [6.07, 6.45) is 68.5. The van der Waals surface area contributed by atoms with E-state index in [0.717, 1.165) is 109 Å². The Hall–Kier alpha value is -3.08. The lowest BCUT2D eigenvalue weighted by Crippen LogP contribution is -2.30. The molecule has 0 rings (SSSR count). The van der Waals surface area contributed by atoms with Gasteiger partial charge in [0.15, 0.2) is 6.10 Å². The Kier molecular flexibility index (Phi) is 57.7. The molecule has 0 saturated heterocycles. The molecule has 0 aliphatic heterocycles. The van der Waals surface area contributed by atoms with E-state index in [-0.39, 0.29) is 25.9 Å². The molecule has 3 atom stereocenters. The van der Waals surface area contributed by atoms with Gasteiger partial charge < -0.3 is 24.2 Å². The first kappa shape index (κ1) is 74.9. The summed E-state index contributed by atoms with van der Waals surface area (Å²) in [7, 11) is -4.76. The molecule has 0 aliphatic carbocycles. The third-order valence-corrected chi connectivity index (χ3v) is 14.5. The van der Waals surface area contributed by atoms with E-state index in [1.54, 1.807) is 0 Å². The van der Waals surface area contributed by atoms with Crippen molar-refractivity contribution in [2.75, 3.05) is 26.4 Å². The van der Waals surface area contributed by atoms with Gasteiger partial charge in [0.05, 0.1) is 19.8 Å². The second kappa shape index (κ2) is 60.0. The molecule has 452 valence electrons. The van der Waals surface area contributed by atoms with Crippen molar-refractivity contribution >= 4 is 25.7 Å². The van der Waals surface area contributed by atoms with Crippen molar-refractivity contribution in [1.29, 1.82) is 0 Å². The zero-order chi connectivity index (χ0) is 56.9. The highest BCUT2D eigenvalue weighted by Gasteiger charge is 2.28. The molecule has 0 bridgehead atoms. The summed E-state index contributed by atoms with van der Waals surface area (Å²) in [4.78, 5) is 48.7. The number of allylic oxidation sites excluding steroid dienone is 12. The molecule has 0 spiro atoms. The second-order valence-corrected chi connectivity index (χ2v) is 22.6. The molecular weight excluding hydrogens is 1000 g/mol. The molecule has 0 aromatic carbocycles. The van der Waals surface area contributed by atoms with Crippen molar-refractivity contribution < 1.29 is 52.2 Å². The highest BCUT2D eigenvalue weighted by atomic mass is 31.2. The normalized spacial score (nSPS) is 13.8. The molecule has 0 amide bonds. The first-order valence-corrected chi connectivity index (χ1v) is 33.3. The van der Waals surface area contributed by atoms with Crippen molar-refractivity contribution in [3.05, 3.63) is 72.9 Å². The molecule has 0 saturated carbocycles. The molecule has 0 aliphatic rings. The number of unbranched alkanes of at least 4 members (excludes halogenated alkanes) is 30. The van der Waals surface area contributed by atoms with E-state index in [1.807, 2.05) is 0 Å². The lowest BCUT2D eigenvalue weighted by atomic mass is 10.1. The van der Waals surface area contributed by atoms with E-state index in [2.05, 4.69) is 93.7 Å².